The molecule has 1 atom stereocenters. The molecule has 0 heterocycles. The first-order valence-electron chi connectivity index (χ1n) is 6.21. The molecule has 106 valence electrons. The lowest BCUT2D eigenvalue weighted by molar-refractivity contribution is 0.0869. The van der Waals surface area contributed by atoms with Gasteiger partial charge >= 0.3 is 0 Å². The lowest BCUT2D eigenvalue weighted by Gasteiger charge is -2.22. The summed E-state index contributed by atoms with van der Waals surface area (Å²) in [6, 6.07) is 4.07. The van der Waals surface area contributed by atoms with Gasteiger partial charge in [0.15, 0.2) is 0 Å². The van der Waals surface area contributed by atoms with E-state index in [1.54, 1.807) is 0 Å². The Morgan fingerprint density at radius 1 is 1.47 bits per heavy atom. The molecule has 5 heteroatoms. The Morgan fingerprint density at radius 2 is 2.11 bits per heavy atom. The van der Waals surface area contributed by atoms with Crippen molar-refractivity contribution in [3.63, 3.8) is 0 Å². The fourth-order valence-electron chi connectivity index (χ4n) is 1.82. The van der Waals surface area contributed by atoms with Crippen molar-refractivity contribution in [2.24, 2.45) is 5.41 Å². The van der Waals surface area contributed by atoms with Crippen LogP contribution in [0.1, 0.15) is 37.6 Å². The van der Waals surface area contributed by atoms with Crippen LogP contribution in [0.25, 0.3) is 0 Å². The first-order chi connectivity index (χ1) is 8.70. The number of hydrogen-bond donors (Lipinski definition) is 3. The molecule has 0 saturated heterocycles. The maximum atomic E-state index is 13.2. The minimum Gasteiger partial charge on any atom is -0.396 e. The zero-order valence-corrected chi connectivity index (χ0v) is 11.5. The summed E-state index contributed by atoms with van der Waals surface area (Å²) in [4.78, 5) is 11.8. The second-order valence-corrected chi connectivity index (χ2v) is 5.83. The van der Waals surface area contributed by atoms with E-state index in [-0.39, 0.29) is 23.2 Å². The number of rotatable bonds is 4. The number of halogens is 1. The van der Waals surface area contributed by atoms with E-state index in [0.717, 1.165) is 0 Å². The Labute approximate surface area is 112 Å². The highest BCUT2D eigenvalue weighted by molar-refractivity contribution is 5.99. The molecule has 0 spiro atoms. The van der Waals surface area contributed by atoms with Crippen LogP contribution in [0.2, 0.25) is 0 Å². The minimum atomic E-state index is -0.640. The van der Waals surface area contributed by atoms with Gasteiger partial charge in [-0.3, -0.25) is 4.79 Å². The van der Waals surface area contributed by atoms with Crippen molar-refractivity contribution in [3.8, 4) is 0 Å². The number of amides is 1. The topological polar surface area (TPSA) is 75.3 Å². The molecule has 0 radical (unpaired) electrons. The van der Waals surface area contributed by atoms with E-state index < -0.39 is 17.8 Å². The van der Waals surface area contributed by atoms with Gasteiger partial charge in [-0.2, -0.15) is 0 Å². The van der Waals surface area contributed by atoms with Gasteiger partial charge in [0.25, 0.3) is 5.91 Å². The van der Waals surface area contributed by atoms with E-state index >= 15 is 0 Å². The number of aliphatic hydroxyl groups excluding tert-OH is 1. The van der Waals surface area contributed by atoms with E-state index in [2.05, 4.69) is 5.32 Å². The van der Waals surface area contributed by atoms with Crippen molar-refractivity contribution in [1.29, 1.82) is 0 Å². The number of nitrogen functional groups attached to an aromatic ring is 1. The second-order valence-electron chi connectivity index (χ2n) is 5.83. The van der Waals surface area contributed by atoms with Gasteiger partial charge in [-0.25, -0.2) is 4.39 Å². The summed E-state index contributed by atoms with van der Waals surface area (Å²) < 4.78 is 13.2. The number of nitrogens with one attached hydrogen (secondary N) is 1. The van der Waals surface area contributed by atoms with Crippen LogP contribution in [0.4, 0.5) is 10.1 Å². The summed E-state index contributed by atoms with van der Waals surface area (Å²) in [7, 11) is 0. The summed E-state index contributed by atoms with van der Waals surface area (Å²) >= 11 is 0. The van der Waals surface area contributed by atoms with Crippen LogP contribution < -0.4 is 11.1 Å². The van der Waals surface area contributed by atoms with Crippen LogP contribution in [0.15, 0.2) is 18.2 Å². The van der Waals surface area contributed by atoms with Gasteiger partial charge in [-0.05, 0) is 24.0 Å². The molecular weight excluding hydrogens is 247 g/mol. The number of nitrogens with two attached hydrogens (primary N) is 1. The molecule has 0 aromatic heterocycles. The molecule has 1 amide bonds. The van der Waals surface area contributed by atoms with Crippen LogP contribution in [0.3, 0.4) is 0 Å². The van der Waals surface area contributed by atoms with Gasteiger partial charge in [0.05, 0.1) is 17.4 Å². The van der Waals surface area contributed by atoms with Gasteiger partial charge < -0.3 is 16.2 Å². The molecule has 4 N–H and O–H groups in total. The Balaban J connectivity index is 2.59. The third kappa shape index (κ3) is 4.87. The third-order valence-electron chi connectivity index (χ3n) is 2.64. The van der Waals surface area contributed by atoms with Gasteiger partial charge in [0.1, 0.15) is 5.82 Å². The number of aliphatic hydroxyl groups is 1. The van der Waals surface area contributed by atoms with E-state index in [1.807, 2.05) is 20.8 Å². The standard InChI is InChI=1S/C14H21FN2O2/c1-14(2,3)7-9(18)8-17-13(19)10-5-4-6-11(15)12(10)16/h4-6,9,18H,7-8,16H2,1-3H3,(H,17,19). The molecule has 1 rings (SSSR count). The summed E-state index contributed by atoms with van der Waals surface area (Å²) in [6.07, 6.45) is -0.0786. The minimum absolute atomic E-state index is 0.0258. The average molecular weight is 268 g/mol. The number of para-hydroxylation sites is 1. The molecule has 0 fully saturated rings. The third-order valence-corrected chi connectivity index (χ3v) is 2.64. The van der Waals surface area contributed by atoms with E-state index in [4.69, 9.17) is 5.73 Å². The fraction of sp³-hybridized carbons (Fsp3) is 0.500. The predicted octanol–water partition coefficient (Wildman–Crippen LogP) is 1.93. The number of carbonyl (C=O) groups is 1. The Hall–Kier alpha value is -1.62. The molecule has 19 heavy (non-hydrogen) atoms. The van der Waals surface area contributed by atoms with Crippen molar-refractivity contribution in [3.05, 3.63) is 29.6 Å². The molecule has 0 aliphatic heterocycles. The van der Waals surface area contributed by atoms with Crippen molar-refractivity contribution < 1.29 is 14.3 Å². The van der Waals surface area contributed by atoms with Gasteiger partial charge in [-0.15, -0.1) is 0 Å². The van der Waals surface area contributed by atoms with E-state index in [1.165, 1.54) is 18.2 Å². The van der Waals surface area contributed by atoms with Gasteiger partial charge in [-0.1, -0.05) is 26.8 Å². The molecule has 1 aromatic rings. The van der Waals surface area contributed by atoms with Crippen LogP contribution in [-0.4, -0.2) is 23.7 Å². The molecule has 0 bridgehead atoms. The average Bonchev–Trinajstić information content (AvgIpc) is 2.27. The highest BCUT2D eigenvalue weighted by atomic mass is 19.1. The number of benzene rings is 1. The highest BCUT2D eigenvalue weighted by Crippen LogP contribution is 2.20. The van der Waals surface area contributed by atoms with E-state index in [0.29, 0.717) is 6.42 Å². The quantitative estimate of drug-likeness (QED) is 0.730. The lowest BCUT2D eigenvalue weighted by atomic mass is 9.89. The molecule has 1 aromatic carbocycles. The van der Waals surface area contributed by atoms with Crippen molar-refractivity contribution in [1.82, 2.24) is 5.32 Å². The van der Waals surface area contributed by atoms with Crippen LogP contribution >= 0.6 is 0 Å². The number of anilines is 1. The summed E-state index contributed by atoms with van der Waals surface area (Å²) in [5.41, 5.74) is 5.38. The number of hydrogen-bond acceptors (Lipinski definition) is 3. The Bertz CT molecular complexity index is 455. The Kier molecular flexibility index (Phi) is 4.89. The molecule has 0 saturated carbocycles. The zero-order chi connectivity index (χ0) is 14.6. The Morgan fingerprint density at radius 3 is 2.68 bits per heavy atom. The maximum Gasteiger partial charge on any atom is 0.253 e. The monoisotopic (exact) mass is 268 g/mol. The summed E-state index contributed by atoms with van der Waals surface area (Å²) in [6.45, 7) is 6.12. The SMILES string of the molecule is CC(C)(C)CC(O)CNC(=O)c1cccc(F)c1N. The second kappa shape index (κ2) is 6.02. The fourth-order valence-corrected chi connectivity index (χ4v) is 1.82. The van der Waals surface area contributed by atoms with Crippen LogP contribution in [0.5, 0.6) is 0 Å². The van der Waals surface area contributed by atoms with Gasteiger partial charge in [0.2, 0.25) is 0 Å². The molecule has 1 unspecified atom stereocenters. The molecule has 0 aliphatic carbocycles. The van der Waals surface area contributed by atoms with Crippen molar-refractivity contribution in [2.45, 2.75) is 33.3 Å². The highest BCUT2D eigenvalue weighted by Gasteiger charge is 2.18. The molecule has 0 aliphatic rings. The number of carbonyl (C=O) groups excluding carboxylic acids is 1. The summed E-state index contributed by atoms with van der Waals surface area (Å²) in [5.74, 6) is -1.10. The maximum absolute atomic E-state index is 13.2. The summed E-state index contributed by atoms with van der Waals surface area (Å²) in [5, 5.41) is 12.3. The largest absolute Gasteiger partial charge is 0.396 e. The van der Waals surface area contributed by atoms with Crippen molar-refractivity contribution >= 4 is 11.6 Å². The smallest absolute Gasteiger partial charge is 0.253 e. The first kappa shape index (κ1) is 15.4. The first-order valence-corrected chi connectivity index (χ1v) is 6.21. The van der Waals surface area contributed by atoms with E-state index in [9.17, 15) is 14.3 Å². The molecular formula is C14H21FN2O2. The van der Waals surface area contributed by atoms with Crippen molar-refractivity contribution in [2.75, 3.05) is 12.3 Å². The van der Waals surface area contributed by atoms with Gasteiger partial charge in [0, 0.05) is 6.54 Å². The molecule has 4 nitrogen and oxygen atoms in total. The predicted molar refractivity (Wildman–Crippen MR) is 73.2 cm³/mol. The zero-order valence-electron chi connectivity index (χ0n) is 11.5. The van der Waals surface area contributed by atoms with Crippen LogP contribution in [0, 0.1) is 11.2 Å². The normalized spacial score (nSPS) is 13.1. The lowest BCUT2D eigenvalue weighted by Crippen LogP contribution is -2.34. The van der Waals surface area contributed by atoms with Crippen LogP contribution in [-0.2, 0) is 0 Å².